The predicted molar refractivity (Wildman–Crippen MR) is 301 cm³/mol. The van der Waals surface area contributed by atoms with Crippen molar-refractivity contribution in [3.05, 3.63) is 12.2 Å². The Morgan fingerprint density at radius 3 is 1.03 bits per heavy atom. The van der Waals surface area contributed by atoms with Crippen LogP contribution in [0.1, 0.15) is 354 Å². The van der Waals surface area contributed by atoms with Crippen LogP contribution < -0.4 is 5.32 Å². The molecule has 0 bridgehead atoms. The minimum atomic E-state index is -0.671. The van der Waals surface area contributed by atoms with Crippen LogP contribution in [0.15, 0.2) is 12.2 Å². The smallest absolute Gasteiger partial charge is 0.305 e. The van der Waals surface area contributed by atoms with Gasteiger partial charge in [0, 0.05) is 12.8 Å². The first-order valence-corrected chi connectivity index (χ1v) is 31.4. The van der Waals surface area contributed by atoms with Gasteiger partial charge in [0.05, 0.1) is 25.4 Å². The molecule has 0 aromatic rings. The molecule has 410 valence electrons. The highest BCUT2D eigenvalue weighted by Gasteiger charge is 2.20. The number of aliphatic hydroxyl groups excluding tert-OH is 2. The summed E-state index contributed by atoms with van der Waals surface area (Å²) in [6.45, 7) is 4.97. The van der Waals surface area contributed by atoms with Gasteiger partial charge in [0.1, 0.15) is 0 Å². The van der Waals surface area contributed by atoms with Crippen LogP contribution in [0.3, 0.4) is 0 Å². The Kier molecular flexibility index (Phi) is 58.0. The van der Waals surface area contributed by atoms with E-state index < -0.39 is 12.1 Å². The van der Waals surface area contributed by atoms with Crippen LogP contribution in [0.4, 0.5) is 0 Å². The van der Waals surface area contributed by atoms with E-state index in [0.717, 1.165) is 44.9 Å². The molecule has 0 aromatic heterocycles. The summed E-state index contributed by atoms with van der Waals surface area (Å²) in [5, 5.41) is 23.4. The maximum absolute atomic E-state index is 12.5. The van der Waals surface area contributed by atoms with E-state index in [9.17, 15) is 19.8 Å². The highest BCUT2D eigenvalue weighted by Crippen LogP contribution is 2.18. The van der Waals surface area contributed by atoms with E-state index in [0.29, 0.717) is 25.9 Å². The average molecular weight is 975 g/mol. The third kappa shape index (κ3) is 55.8. The highest BCUT2D eigenvalue weighted by atomic mass is 16.5. The minimum Gasteiger partial charge on any atom is -0.466 e. The Labute approximate surface area is 431 Å². The zero-order valence-electron chi connectivity index (χ0n) is 46.8. The summed E-state index contributed by atoms with van der Waals surface area (Å²) in [6.07, 6.45) is 70.7. The van der Waals surface area contributed by atoms with Crippen molar-refractivity contribution in [3.8, 4) is 0 Å². The van der Waals surface area contributed by atoms with Crippen molar-refractivity contribution in [3.63, 3.8) is 0 Å². The molecular weight excluding hydrogens is 851 g/mol. The van der Waals surface area contributed by atoms with Crippen molar-refractivity contribution in [1.82, 2.24) is 5.32 Å². The van der Waals surface area contributed by atoms with E-state index in [2.05, 4.69) is 31.3 Å². The number of carbonyl (C=O) groups is 2. The molecule has 0 heterocycles. The maximum Gasteiger partial charge on any atom is 0.305 e. The van der Waals surface area contributed by atoms with Crippen LogP contribution in [-0.2, 0) is 14.3 Å². The number of hydrogen-bond acceptors (Lipinski definition) is 5. The van der Waals surface area contributed by atoms with E-state index in [4.69, 9.17) is 4.74 Å². The summed E-state index contributed by atoms with van der Waals surface area (Å²) in [4.78, 5) is 24.5. The van der Waals surface area contributed by atoms with Crippen LogP contribution >= 0.6 is 0 Å². The van der Waals surface area contributed by atoms with Crippen molar-refractivity contribution in [2.45, 2.75) is 366 Å². The molecule has 69 heavy (non-hydrogen) atoms. The molecule has 2 atom stereocenters. The summed E-state index contributed by atoms with van der Waals surface area (Å²) < 4.78 is 5.47. The van der Waals surface area contributed by atoms with Gasteiger partial charge in [-0.05, 0) is 51.4 Å². The number of carbonyl (C=O) groups excluding carboxylic acids is 2. The van der Waals surface area contributed by atoms with Crippen LogP contribution in [-0.4, -0.2) is 47.4 Å². The number of esters is 1. The van der Waals surface area contributed by atoms with Crippen molar-refractivity contribution in [1.29, 1.82) is 0 Å². The van der Waals surface area contributed by atoms with Gasteiger partial charge in [0.2, 0.25) is 5.91 Å². The number of rotatable bonds is 59. The summed E-state index contributed by atoms with van der Waals surface area (Å²) in [5.41, 5.74) is 0. The summed E-state index contributed by atoms with van der Waals surface area (Å²) in [6, 6.07) is -0.549. The summed E-state index contributed by atoms with van der Waals surface area (Å²) in [5.74, 6) is -0.0351. The monoisotopic (exact) mass is 974 g/mol. The van der Waals surface area contributed by atoms with Crippen molar-refractivity contribution >= 4 is 11.9 Å². The minimum absolute atomic E-state index is 0.00556. The lowest BCUT2D eigenvalue weighted by Crippen LogP contribution is -2.45. The number of unbranched alkanes of at least 4 members (excludes halogenated alkanes) is 46. The number of hydrogen-bond donors (Lipinski definition) is 3. The van der Waals surface area contributed by atoms with Crippen molar-refractivity contribution in [2.24, 2.45) is 0 Å². The Hall–Kier alpha value is -1.40. The van der Waals surface area contributed by atoms with E-state index in [1.165, 1.54) is 276 Å². The molecule has 3 N–H and O–H groups in total. The first-order valence-electron chi connectivity index (χ1n) is 31.4. The topological polar surface area (TPSA) is 95.9 Å². The van der Waals surface area contributed by atoms with Gasteiger partial charge in [-0.3, -0.25) is 9.59 Å². The van der Waals surface area contributed by atoms with Crippen LogP contribution in [0.25, 0.3) is 0 Å². The molecule has 6 nitrogen and oxygen atoms in total. The van der Waals surface area contributed by atoms with E-state index in [1.54, 1.807) is 0 Å². The normalized spacial score (nSPS) is 12.6. The number of aliphatic hydroxyl groups is 2. The molecule has 0 fully saturated rings. The SMILES string of the molecule is CCCCCCCCCCCCCCCCCCCCCCCC(O)C(CO)NC(=O)CCCCCCCCC/C=C\CCCCCCCCCCOC(=O)CCCCCCCCCCCCCC. The first-order chi connectivity index (χ1) is 34.0. The van der Waals surface area contributed by atoms with Crippen molar-refractivity contribution < 1.29 is 24.5 Å². The highest BCUT2D eigenvalue weighted by molar-refractivity contribution is 5.76. The van der Waals surface area contributed by atoms with E-state index in [-0.39, 0.29) is 18.5 Å². The quantitative estimate of drug-likeness (QED) is 0.0321. The maximum atomic E-state index is 12.5. The van der Waals surface area contributed by atoms with Crippen molar-refractivity contribution in [2.75, 3.05) is 13.2 Å². The fourth-order valence-corrected chi connectivity index (χ4v) is 9.99. The van der Waals surface area contributed by atoms with Gasteiger partial charge < -0.3 is 20.3 Å². The van der Waals surface area contributed by atoms with Crippen LogP contribution in [0.5, 0.6) is 0 Å². The molecule has 1 amide bonds. The van der Waals surface area contributed by atoms with Gasteiger partial charge in [0.25, 0.3) is 0 Å². The number of amides is 1. The van der Waals surface area contributed by atoms with E-state index in [1.807, 2.05) is 0 Å². The predicted octanol–water partition coefficient (Wildman–Crippen LogP) is 19.6. The Bertz CT molecular complexity index is 1030. The zero-order valence-corrected chi connectivity index (χ0v) is 46.8. The van der Waals surface area contributed by atoms with Crippen LogP contribution in [0.2, 0.25) is 0 Å². The van der Waals surface area contributed by atoms with Gasteiger partial charge in [-0.15, -0.1) is 0 Å². The molecule has 0 aliphatic carbocycles. The molecule has 0 aliphatic heterocycles. The molecule has 0 radical (unpaired) electrons. The fourth-order valence-electron chi connectivity index (χ4n) is 9.99. The molecule has 0 rings (SSSR count). The number of nitrogens with one attached hydrogen (secondary N) is 1. The lowest BCUT2D eigenvalue weighted by atomic mass is 10.0. The Balaban J connectivity index is 3.43. The van der Waals surface area contributed by atoms with Gasteiger partial charge in [-0.1, -0.05) is 302 Å². The molecular formula is C63H123NO5. The third-order valence-electron chi connectivity index (χ3n) is 14.8. The Morgan fingerprint density at radius 2 is 0.681 bits per heavy atom. The summed E-state index contributed by atoms with van der Waals surface area (Å²) in [7, 11) is 0. The standard InChI is InChI=1S/C63H123NO5/c1-3-5-7-9-11-13-15-17-18-19-20-21-23-26-29-32-35-39-43-47-51-55-61(66)60(59-65)64-62(67)56-52-48-44-40-36-33-30-27-24-22-25-28-31-34-38-42-46-50-54-58-69-63(68)57-53-49-45-41-37-16-14-12-10-8-6-4-2/h22,24,60-61,65-66H,3-21,23,25-59H2,1-2H3,(H,64,67)/b24-22-. The third-order valence-corrected chi connectivity index (χ3v) is 14.8. The fraction of sp³-hybridized carbons (Fsp3) is 0.937. The van der Waals surface area contributed by atoms with Gasteiger partial charge in [-0.2, -0.15) is 0 Å². The average Bonchev–Trinajstić information content (AvgIpc) is 3.35. The number of ether oxygens (including phenoxy) is 1. The molecule has 0 spiro atoms. The van der Waals surface area contributed by atoms with E-state index >= 15 is 0 Å². The molecule has 0 aliphatic rings. The van der Waals surface area contributed by atoms with Crippen LogP contribution in [0, 0.1) is 0 Å². The summed E-state index contributed by atoms with van der Waals surface area (Å²) >= 11 is 0. The first kappa shape index (κ1) is 67.6. The second kappa shape index (κ2) is 59.2. The molecule has 6 heteroatoms. The molecule has 0 saturated carbocycles. The lowest BCUT2D eigenvalue weighted by molar-refractivity contribution is -0.143. The molecule has 0 aromatic carbocycles. The van der Waals surface area contributed by atoms with Gasteiger partial charge in [0.15, 0.2) is 0 Å². The zero-order chi connectivity index (χ0) is 50.0. The van der Waals surface area contributed by atoms with Gasteiger partial charge >= 0.3 is 5.97 Å². The van der Waals surface area contributed by atoms with Gasteiger partial charge in [-0.25, -0.2) is 0 Å². The lowest BCUT2D eigenvalue weighted by Gasteiger charge is -2.22. The molecule has 0 saturated heterocycles. The number of allylic oxidation sites excluding steroid dienone is 2. The Morgan fingerprint density at radius 1 is 0.391 bits per heavy atom. The second-order valence-corrected chi connectivity index (χ2v) is 21.7. The largest absolute Gasteiger partial charge is 0.466 e. The molecule has 2 unspecified atom stereocenters. The second-order valence-electron chi connectivity index (χ2n) is 21.7.